The van der Waals surface area contributed by atoms with Crippen molar-refractivity contribution >= 4 is 10.8 Å². The van der Waals surface area contributed by atoms with Gasteiger partial charge < -0.3 is 4.74 Å². The maximum Gasteiger partial charge on any atom is 0.330 e. The fraction of sp³-hybridized carbons (Fsp3) is 0.600. The minimum Gasteiger partial charge on any atom is -0.358 e. The van der Waals surface area contributed by atoms with Gasteiger partial charge in [-0.2, -0.15) is 4.39 Å². The number of nitrogens with zero attached hydrogens (tertiary/aromatic N) is 1. The van der Waals surface area contributed by atoms with Gasteiger partial charge in [-0.25, -0.2) is 4.79 Å². The number of aromatic amines is 1. The lowest BCUT2D eigenvalue weighted by Gasteiger charge is -2.11. The number of hydrogen-bond donors (Lipinski definition) is 1. The van der Waals surface area contributed by atoms with Crippen LogP contribution in [0.4, 0.5) is 4.39 Å². The molecule has 6 nitrogen and oxygen atoms in total. The van der Waals surface area contributed by atoms with Crippen molar-refractivity contribution in [1.82, 2.24) is 9.55 Å². The summed E-state index contributed by atoms with van der Waals surface area (Å²) in [7, 11) is -0.611. The first kappa shape index (κ1) is 14.8. The third-order valence-electron chi connectivity index (χ3n) is 2.14. The average molecular weight is 278 g/mol. The van der Waals surface area contributed by atoms with Crippen LogP contribution in [-0.4, -0.2) is 32.9 Å². The summed E-state index contributed by atoms with van der Waals surface area (Å²) in [6.45, 7) is 0.553. The van der Waals surface area contributed by atoms with Crippen molar-refractivity contribution < 1.29 is 13.3 Å². The van der Waals surface area contributed by atoms with E-state index in [0.29, 0.717) is 13.0 Å². The molecule has 1 N–H and O–H groups in total. The van der Waals surface area contributed by atoms with Gasteiger partial charge in [0.15, 0.2) is 0 Å². The quantitative estimate of drug-likeness (QED) is 0.782. The molecule has 0 bridgehead atoms. The molecule has 2 heterocycles. The van der Waals surface area contributed by atoms with E-state index >= 15 is 0 Å². The summed E-state index contributed by atoms with van der Waals surface area (Å²) in [6, 6.07) is 0. The predicted molar refractivity (Wildman–Crippen MR) is 65.5 cm³/mol. The Morgan fingerprint density at radius 3 is 2.61 bits per heavy atom. The van der Waals surface area contributed by atoms with Crippen LogP contribution in [0.1, 0.15) is 19.1 Å². The summed E-state index contributed by atoms with van der Waals surface area (Å²) in [5.41, 5.74) is -1.63. The summed E-state index contributed by atoms with van der Waals surface area (Å²) in [5.74, 6) is -0.972. The minimum atomic E-state index is -0.996. The zero-order chi connectivity index (χ0) is 13.7. The van der Waals surface area contributed by atoms with E-state index in [1.165, 1.54) is 0 Å². The van der Waals surface area contributed by atoms with Crippen molar-refractivity contribution in [2.45, 2.75) is 19.1 Å². The first-order chi connectivity index (χ1) is 8.41. The van der Waals surface area contributed by atoms with Gasteiger partial charge in [-0.05, 0) is 12.8 Å². The molecule has 0 aromatic carbocycles. The molecule has 2 rings (SSSR count). The van der Waals surface area contributed by atoms with Gasteiger partial charge in [-0.15, -0.1) is 0 Å². The second-order valence-electron chi connectivity index (χ2n) is 3.85. The van der Waals surface area contributed by atoms with Crippen LogP contribution in [0, 0.1) is 5.82 Å². The van der Waals surface area contributed by atoms with Gasteiger partial charge in [0.2, 0.25) is 5.82 Å². The molecule has 1 aliphatic heterocycles. The summed E-state index contributed by atoms with van der Waals surface area (Å²) >= 11 is 0. The Labute approximate surface area is 105 Å². The Morgan fingerprint density at radius 2 is 2.11 bits per heavy atom. The topological polar surface area (TPSA) is 81.2 Å². The van der Waals surface area contributed by atoms with Gasteiger partial charge in [0.1, 0.15) is 6.23 Å². The van der Waals surface area contributed by atoms with Gasteiger partial charge in [-0.3, -0.25) is 18.6 Å². The van der Waals surface area contributed by atoms with Crippen LogP contribution in [0.5, 0.6) is 0 Å². The lowest BCUT2D eigenvalue weighted by Crippen LogP contribution is -2.33. The fourth-order valence-electron chi connectivity index (χ4n) is 1.45. The number of rotatable bonds is 1. The van der Waals surface area contributed by atoms with Crippen molar-refractivity contribution in [1.29, 1.82) is 0 Å². The molecule has 0 saturated carbocycles. The average Bonchev–Trinajstić information content (AvgIpc) is 2.75. The number of hydrogen-bond acceptors (Lipinski definition) is 4. The molecular weight excluding hydrogens is 263 g/mol. The standard InChI is InChI=1S/C8H9FN2O3.C2H6OS/c9-5-4-11(6-2-1-3-14-6)8(13)10-7(5)12;1-4(2)3/h4,6H,1-3H2,(H,10,12,13);1-2H3. The number of ether oxygens (including phenoxy) is 1. The van der Waals surface area contributed by atoms with Crippen LogP contribution >= 0.6 is 0 Å². The summed E-state index contributed by atoms with van der Waals surface area (Å²) in [4.78, 5) is 23.8. The zero-order valence-corrected chi connectivity index (χ0v) is 11.0. The highest BCUT2D eigenvalue weighted by Crippen LogP contribution is 2.20. The Bertz CT molecular complexity index is 529. The van der Waals surface area contributed by atoms with Crippen LogP contribution in [0.3, 0.4) is 0 Å². The Hall–Kier alpha value is -1.28. The van der Waals surface area contributed by atoms with Gasteiger partial charge in [0.05, 0.1) is 6.20 Å². The van der Waals surface area contributed by atoms with Crippen LogP contribution in [-0.2, 0) is 15.5 Å². The smallest absolute Gasteiger partial charge is 0.330 e. The SMILES string of the molecule is CS(C)=O.O=c1[nH]c(=O)n(C2CCCO2)cc1F. The summed E-state index contributed by atoms with van der Waals surface area (Å²) in [5, 5.41) is 0. The summed E-state index contributed by atoms with van der Waals surface area (Å²) < 4.78 is 28.7. The highest BCUT2D eigenvalue weighted by molar-refractivity contribution is 7.83. The van der Waals surface area contributed by atoms with Crippen LogP contribution in [0.2, 0.25) is 0 Å². The molecule has 1 saturated heterocycles. The molecular formula is C10H15FN2O4S. The molecule has 102 valence electrons. The fourth-order valence-corrected chi connectivity index (χ4v) is 1.45. The molecule has 1 atom stereocenters. The van der Waals surface area contributed by atoms with Gasteiger partial charge >= 0.3 is 5.69 Å². The number of halogens is 1. The maximum absolute atomic E-state index is 12.9. The molecule has 1 aliphatic rings. The first-order valence-electron chi connectivity index (χ1n) is 5.29. The zero-order valence-electron chi connectivity index (χ0n) is 10.1. The molecule has 0 radical (unpaired) electrons. The second kappa shape index (κ2) is 6.60. The molecule has 1 aromatic rings. The van der Waals surface area contributed by atoms with Crippen molar-refractivity contribution in [3.63, 3.8) is 0 Å². The van der Waals surface area contributed by atoms with Crippen molar-refractivity contribution in [2.75, 3.05) is 19.1 Å². The Kier molecular flexibility index (Phi) is 5.42. The number of aromatic nitrogens is 2. The second-order valence-corrected chi connectivity index (χ2v) is 5.34. The highest BCUT2D eigenvalue weighted by atomic mass is 32.2. The van der Waals surface area contributed by atoms with Crippen molar-refractivity contribution in [2.24, 2.45) is 0 Å². The number of H-pyrrole nitrogens is 1. The molecule has 1 fully saturated rings. The molecule has 1 aromatic heterocycles. The Morgan fingerprint density at radius 1 is 1.50 bits per heavy atom. The largest absolute Gasteiger partial charge is 0.358 e. The third-order valence-corrected chi connectivity index (χ3v) is 2.14. The van der Waals surface area contributed by atoms with E-state index in [9.17, 15) is 18.2 Å². The van der Waals surface area contributed by atoms with Crippen LogP contribution < -0.4 is 11.2 Å². The predicted octanol–water partition coefficient (Wildman–Crippen LogP) is -0.0206. The molecule has 18 heavy (non-hydrogen) atoms. The van der Waals surface area contributed by atoms with Crippen molar-refractivity contribution in [3.8, 4) is 0 Å². The van der Waals surface area contributed by atoms with E-state index in [-0.39, 0.29) is 0 Å². The van der Waals surface area contributed by atoms with Gasteiger partial charge in [-0.1, -0.05) is 0 Å². The highest BCUT2D eigenvalue weighted by Gasteiger charge is 2.19. The normalized spacial score (nSPS) is 18.6. The Balaban J connectivity index is 0.000000357. The number of nitrogens with one attached hydrogen (secondary N) is 1. The van der Waals surface area contributed by atoms with Crippen LogP contribution in [0.25, 0.3) is 0 Å². The molecule has 8 heteroatoms. The maximum atomic E-state index is 12.9. The lowest BCUT2D eigenvalue weighted by molar-refractivity contribution is 0.0517. The van der Waals surface area contributed by atoms with Gasteiger partial charge in [0.25, 0.3) is 5.56 Å². The van der Waals surface area contributed by atoms with E-state index in [4.69, 9.17) is 4.74 Å². The summed E-state index contributed by atoms with van der Waals surface area (Å²) in [6.07, 6.45) is 5.20. The third kappa shape index (κ3) is 4.19. The molecule has 1 unspecified atom stereocenters. The molecule has 0 spiro atoms. The van der Waals surface area contributed by atoms with E-state index in [2.05, 4.69) is 0 Å². The molecule has 0 aliphatic carbocycles. The van der Waals surface area contributed by atoms with Crippen LogP contribution in [0.15, 0.2) is 15.8 Å². The van der Waals surface area contributed by atoms with Gasteiger partial charge in [0, 0.05) is 29.9 Å². The van der Waals surface area contributed by atoms with E-state index in [1.807, 2.05) is 4.98 Å². The monoisotopic (exact) mass is 278 g/mol. The van der Waals surface area contributed by atoms with E-state index in [1.54, 1.807) is 12.5 Å². The van der Waals surface area contributed by atoms with Crippen molar-refractivity contribution in [3.05, 3.63) is 32.9 Å². The van der Waals surface area contributed by atoms with E-state index in [0.717, 1.165) is 17.2 Å². The van der Waals surface area contributed by atoms with E-state index < -0.39 is 34.1 Å². The minimum absolute atomic E-state index is 0.450. The first-order valence-corrected chi connectivity index (χ1v) is 7.26. The molecule has 0 amide bonds. The lowest BCUT2D eigenvalue weighted by atomic mass is 10.3.